The Morgan fingerprint density at radius 1 is 1.23 bits per heavy atom. The van der Waals surface area contributed by atoms with Crippen molar-refractivity contribution in [3.05, 3.63) is 59.8 Å². The zero-order valence-electron chi connectivity index (χ0n) is 11.9. The minimum absolute atomic E-state index is 0.0673. The van der Waals surface area contributed by atoms with Gasteiger partial charge >= 0.3 is 11.9 Å². The molecule has 2 aromatic rings. The summed E-state index contributed by atoms with van der Waals surface area (Å²) in [6, 6.07) is 12.1. The lowest BCUT2D eigenvalue weighted by Gasteiger charge is -2.16. The molecule has 2 rings (SSSR count). The highest BCUT2D eigenvalue weighted by Crippen LogP contribution is 2.36. The van der Waals surface area contributed by atoms with Gasteiger partial charge in [0.05, 0.1) is 12.2 Å². The molecule has 1 atom stereocenters. The Morgan fingerprint density at radius 2 is 1.95 bits per heavy atom. The Balaban J connectivity index is 2.35. The molecule has 1 aromatic carbocycles. The van der Waals surface area contributed by atoms with Gasteiger partial charge in [0.15, 0.2) is 0 Å². The lowest BCUT2D eigenvalue weighted by Crippen LogP contribution is -2.14. The highest BCUT2D eigenvalue weighted by molar-refractivity contribution is 8.00. The van der Waals surface area contributed by atoms with Crippen LogP contribution in [-0.4, -0.2) is 28.6 Å². The van der Waals surface area contributed by atoms with E-state index in [4.69, 9.17) is 4.74 Å². The number of aromatic nitrogens is 1. The molecule has 1 heterocycles. The highest BCUT2D eigenvalue weighted by Gasteiger charge is 2.26. The monoisotopic (exact) mass is 317 g/mol. The molecule has 0 radical (unpaired) electrons. The normalized spacial score (nSPS) is 11.7. The molecule has 0 saturated heterocycles. The van der Waals surface area contributed by atoms with Gasteiger partial charge in [-0.3, -0.25) is 4.79 Å². The number of carboxylic acid groups (broad SMARTS) is 1. The molecule has 0 amide bonds. The van der Waals surface area contributed by atoms with Gasteiger partial charge in [-0.05, 0) is 24.6 Å². The van der Waals surface area contributed by atoms with Crippen molar-refractivity contribution in [1.29, 1.82) is 0 Å². The predicted molar refractivity (Wildman–Crippen MR) is 82.9 cm³/mol. The molecular weight excluding hydrogens is 302 g/mol. The summed E-state index contributed by atoms with van der Waals surface area (Å²) in [5.74, 6) is -1.49. The van der Waals surface area contributed by atoms with Crippen LogP contribution in [0.1, 0.15) is 28.1 Å². The molecule has 0 aliphatic carbocycles. The third-order valence-electron chi connectivity index (χ3n) is 2.83. The number of carboxylic acids is 1. The predicted octanol–water partition coefficient (Wildman–Crippen LogP) is 3.18. The number of carbonyl (C=O) groups is 2. The summed E-state index contributed by atoms with van der Waals surface area (Å²) in [6.07, 6.45) is 1.50. The van der Waals surface area contributed by atoms with E-state index >= 15 is 0 Å². The highest BCUT2D eigenvalue weighted by atomic mass is 32.2. The topological polar surface area (TPSA) is 76.5 Å². The molecule has 22 heavy (non-hydrogen) atoms. The lowest BCUT2D eigenvalue weighted by molar-refractivity contribution is -0.142. The quantitative estimate of drug-likeness (QED) is 0.651. The lowest BCUT2D eigenvalue weighted by atomic mass is 10.1. The molecule has 1 N–H and O–H groups in total. The van der Waals surface area contributed by atoms with Crippen LogP contribution in [0.4, 0.5) is 0 Å². The van der Waals surface area contributed by atoms with E-state index < -0.39 is 17.2 Å². The summed E-state index contributed by atoms with van der Waals surface area (Å²) >= 11 is 1.08. The van der Waals surface area contributed by atoms with E-state index in [1.165, 1.54) is 12.3 Å². The fraction of sp³-hybridized carbons (Fsp3) is 0.188. The van der Waals surface area contributed by atoms with E-state index in [0.29, 0.717) is 0 Å². The van der Waals surface area contributed by atoms with Gasteiger partial charge in [0.2, 0.25) is 0 Å². The molecule has 0 aliphatic heterocycles. The van der Waals surface area contributed by atoms with Crippen molar-refractivity contribution in [3.8, 4) is 0 Å². The smallest absolute Gasteiger partial charge is 0.338 e. The molecule has 0 saturated carbocycles. The number of esters is 1. The second-order valence-electron chi connectivity index (χ2n) is 4.32. The first kappa shape index (κ1) is 16.0. The van der Waals surface area contributed by atoms with Crippen LogP contribution in [0.15, 0.2) is 53.7 Å². The number of benzene rings is 1. The first-order valence-electron chi connectivity index (χ1n) is 6.70. The summed E-state index contributed by atoms with van der Waals surface area (Å²) < 4.78 is 5.10. The average molecular weight is 317 g/mol. The fourth-order valence-electron chi connectivity index (χ4n) is 1.86. The first-order chi connectivity index (χ1) is 10.6. The summed E-state index contributed by atoms with van der Waals surface area (Å²) in [5, 5.41) is 8.85. The van der Waals surface area contributed by atoms with E-state index in [1.54, 1.807) is 25.1 Å². The summed E-state index contributed by atoms with van der Waals surface area (Å²) in [4.78, 5) is 27.6. The number of nitrogens with zero attached hydrogens (tertiary/aromatic N) is 1. The molecule has 5 nitrogen and oxygen atoms in total. The zero-order valence-corrected chi connectivity index (χ0v) is 12.7. The third-order valence-corrected chi connectivity index (χ3v) is 4.08. The molecule has 0 bridgehead atoms. The average Bonchev–Trinajstić information content (AvgIpc) is 2.53. The number of ether oxygens (including phenoxy) is 1. The van der Waals surface area contributed by atoms with Crippen LogP contribution in [0.2, 0.25) is 0 Å². The number of thioether (sulfide) groups is 1. The van der Waals surface area contributed by atoms with Crippen LogP contribution in [0.5, 0.6) is 0 Å². The van der Waals surface area contributed by atoms with Crippen LogP contribution < -0.4 is 0 Å². The van der Waals surface area contributed by atoms with Crippen LogP contribution in [0, 0.1) is 0 Å². The van der Waals surface area contributed by atoms with Crippen LogP contribution in [0.25, 0.3) is 0 Å². The largest absolute Gasteiger partial charge is 0.478 e. The fourth-order valence-corrected chi connectivity index (χ4v) is 2.94. The second kappa shape index (κ2) is 7.61. The maximum Gasteiger partial charge on any atom is 0.338 e. The number of hydrogen-bond acceptors (Lipinski definition) is 5. The number of pyridine rings is 1. The number of rotatable bonds is 6. The van der Waals surface area contributed by atoms with Gasteiger partial charge in [-0.25, -0.2) is 9.78 Å². The Morgan fingerprint density at radius 3 is 2.59 bits per heavy atom. The van der Waals surface area contributed by atoms with E-state index in [-0.39, 0.29) is 17.2 Å². The summed E-state index contributed by atoms with van der Waals surface area (Å²) in [5.41, 5.74) is 0.811. The molecule has 1 aromatic heterocycles. The minimum Gasteiger partial charge on any atom is -0.478 e. The van der Waals surface area contributed by atoms with E-state index in [1.807, 2.05) is 18.2 Å². The molecular formula is C16H15NO4S. The SMILES string of the molecule is CCOC(=O)C(Sc1ncccc1C(=O)O)c1ccccc1. The number of hydrogen-bond donors (Lipinski definition) is 1. The van der Waals surface area contributed by atoms with Crippen molar-refractivity contribution < 1.29 is 19.4 Å². The molecule has 114 valence electrons. The van der Waals surface area contributed by atoms with E-state index in [9.17, 15) is 14.7 Å². The second-order valence-corrected chi connectivity index (χ2v) is 5.42. The van der Waals surface area contributed by atoms with Crippen LogP contribution in [0.3, 0.4) is 0 Å². The minimum atomic E-state index is -1.08. The van der Waals surface area contributed by atoms with Gasteiger partial charge in [-0.1, -0.05) is 42.1 Å². The van der Waals surface area contributed by atoms with Gasteiger partial charge in [-0.2, -0.15) is 0 Å². The maximum atomic E-state index is 12.2. The van der Waals surface area contributed by atoms with Gasteiger partial charge in [0, 0.05) is 6.20 Å². The summed E-state index contributed by atoms with van der Waals surface area (Å²) in [7, 11) is 0. The first-order valence-corrected chi connectivity index (χ1v) is 7.58. The molecule has 0 aliphatic rings. The Hall–Kier alpha value is -2.34. The molecule has 0 fully saturated rings. The van der Waals surface area contributed by atoms with Crippen LogP contribution in [-0.2, 0) is 9.53 Å². The van der Waals surface area contributed by atoms with Crippen molar-refractivity contribution in [3.63, 3.8) is 0 Å². The molecule has 1 unspecified atom stereocenters. The summed E-state index contributed by atoms with van der Waals surface area (Å²) in [6.45, 7) is 1.99. The zero-order chi connectivity index (χ0) is 15.9. The third kappa shape index (κ3) is 3.85. The van der Waals surface area contributed by atoms with Crippen molar-refractivity contribution in [2.75, 3.05) is 6.61 Å². The Labute approximate surface area is 132 Å². The number of carbonyl (C=O) groups excluding carboxylic acids is 1. The van der Waals surface area contributed by atoms with E-state index in [2.05, 4.69) is 4.98 Å². The van der Waals surface area contributed by atoms with Crippen molar-refractivity contribution in [2.45, 2.75) is 17.2 Å². The van der Waals surface area contributed by atoms with Gasteiger partial charge in [-0.15, -0.1) is 0 Å². The standard InChI is InChI=1S/C16H15NO4S/c1-2-21-16(20)13(11-7-4-3-5-8-11)22-14-12(15(18)19)9-6-10-17-14/h3-10,13H,2H2,1H3,(H,18,19). The molecule has 0 spiro atoms. The maximum absolute atomic E-state index is 12.2. The van der Waals surface area contributed by atoms with Gasteiger partial charge in [0.1, 0.15) is 10.3 Å². The van der Waals surface area contributed by atoms with Crippen molar-refractivity contribution >= 4 is 23.7 Å². The van der Waals surface area contributed by atoms with Gasteiger partial charge < -0.3 is 9.84 Å². The Kier molecular flexibility index (Phi) is 5.55. The van der Waals surface area contributed by atoms with Crippen molar-refractivity contribution in [2.24, 2.45) is 0 Å². The van der Waals surface area contributed by atoms with Gasteiger partial charge in [0.25, 0.3) is 0 Å². The molecule has 6 heteroatoms. The Bertz CT molecular complexity index is 660. The van der Waals surface area contributed by atoms with Crippen LogP contribution >= 0.6 is 11.8 Å². The number of aromatic carboxylic acids is 1. The van der Waals surface area contributed by atoms with E-state index in [0.717, 1.165) is 17.3 Å². The van der Waals surface area contributed by atoms with Crippen molar-refractivity contribution in [1.82, 2.24) is 4.98 Å².